The summed E-state index contributed by atoms with van der Waals surface area (Å²) in [6.45, 7) is 2.07. The van der Waals surface area contributed by atoms with E-state index >= 15 is 0 Å². The summed E-state index contributed by atoms with van der Waals surface area (Å²) in [6, 6.07) is 15.4. The predicted molar refractivity (Wildman–Crippen MR) is 113 cm³/mol. The third-order valence-electron chi connectivity index (χ3n) is 3.35. The number of benzene rings is 2. The summed E-state index contributed by atoms with van der Waals surface area (Å²) in [4.78, 5) is 12.0. The standard InChI is InChI=1S/C18H22ClN3O2.2ClH/c1-24-10-9-20-13-18(23)22-17-11-15(19)7-8-16(17)21-12-14-5-3-2-4-6-14;;/h2-8,11,20-21H,9-10,12-13H2,1H3,(H,22,23);2*1H. The van der Waals surface area contributed by atoms with Gasteiger partial charge in [0.2, 0.25) is 5.91 Å². The van der Waals surface area contributed by atoms with Crippen LogP contribution in [0.2, 0.25) is 5.02 Å². The van der Waals surface area contributed by atoms with Crippen LogP contribution in [-0.4, -0.2) is 32.7 Å². The Morgan fingerprint density at radius 2 is 1.81 bits per heavy atom. The van der Waals surface area contributed by atoms with Crippen LogP contribution in [0.1, 0.15) is 5.56 Å². The molecule has 1 amide bonds. The van der Waals surface area contributed by atoms with Crippen molar-refractivity contribution in [3.05, 3.63) is 59.1 Å². The van der Waals surface area contributed by atoms with E-state index in [0.29, 0.717) is 30.4 Å². The average molecular weight is 421 g/mol. The van der Waals surface area contributed by atoms with Gasteiger partial charge < -0.3 is 20.7 Å². The molecular weight excluding hydrogens is 397 g/mol. The van der Waals surface area contributed by atoms with Crippen LogP contribution in [0.25, 0.3) is 0 Å². The van der Waals surface area contributed by atoms with Crippen LogP contribution in [0.4, 0.5) is 11.4 Å². The normalized spacial score (nSPS) is 9.62. The zero-order chi connectivity index (χ0) is 17.2. The fraction of sp³-hybridized carbons (Fsp3) is 0.278. The van der Waals surface area contributed by atoms with Gasteiger partial charge in [0.15, 0.2) is 0 Å². The highest BCUT2D eigenvalue weighted by atomic mass is 35.5. The highest BCUT2D eigenvalue weighted by Gasteiger charge is 2.08. The van der Waals surface area contributed by atoms with Crippen molar-refractivity contribution < 1.29 is 9.53 Å². The van der Waals surface area contributed by atoms with E-state index in [2.05, 4.69) is 16.0 Å². The van der Waals surface area contributed by atoms with Crippen molar-refractivity contribution in [2.45, 2.75) is 6.54 Å². The number of halogens is 3. The quantitative estimate of drug-likeness (QED) is 0.537. The molecule has 0 saturated heterocycles. The van der Waals surface area contributed by atoms with Gasteiger partial charge >= 0.3 is 0 Å². The lowest BCUT2D eigenvalue weighted by atomic mass is 10.2. The molecule has 5 nitrogen and oxygen atoms in total. The zero-order valence-electron chi connectivity index (χ0n) is 14.5. The molecule has 0 atom stereocenters. The number of anilines is 2. The van der Waals surface area contributed by atoms with Crippen molar-refractivity contribution in [3.63, 3.8) is 0 Å². The predicted octanol–water partition coefficient (Wildman–Crippen LogP) is 3.97. The van der Waals surface area contributed by atoms with Gasteiger partial charge in [-0.1, -0.05) is 41.9 Å². The SMILES string of the molecule is COCCNCC(=O)Nc1cc(Cl)ccc1NCc1ccccc1.Cl.Cl. The fourth-order valence-electron chi connectivity index (χ4n) is 2.14. The van der Waals surface area contributed by atoms with Gasteiger partial charge in [-0.25, -0.2) is 0 Å². The molecule has 8 heteroatoms. The van der Waals surface area contributed by atoms with Crippen LogP contribution >= 0.6 is 36.4 Å². The van der Waals surface area contributed by atoms with Crippen molar-refractivity contribution in [1.82, 2.24) is 5.32 Å². The molecule has 0 spiro atoms. The first-order valence-electron chi connectivity index (χ1n) is 7.76. The third-order valence-corrected chi connectivity index (χ3v) is 3.59. The minimum absolute atomic E-state index is 0. The molecule has 0 aliphatic rings. The lowest BCUT2D eigenvalue weighted by molar-refractivity contribution is -0.115. The molecule has 0 heterocycles. The van der Waals surface area contributed by atoms with Gasteiger partial charge in [0.25, 0.3) is 0 Å². The van der Waals surface area contributed by atoms with E-state index in [1.807, 2.05) is 36.4 Å². The van der Waals surface area contributed by atoms with Crippen molar-refractivity contribution in [3.8, 4) is 0 Å². The molecule has 2 aromatic rings. The lowest BCUT2D eigenvalue weighted by Crippen LogP contribution is -2.30. The molecule has 144 valence electrons. The number of amides is 1. The number of ether oxygens (including phenoxy) is 1. The molecule has 3 N–H and O–H groups in total. The van der Waals surface area contributed by atoms with E-state index in [1.165, 1.54) is 0 Å². The number of rotatable bonds is 9. The van der Waals surface area contributed by atoms with Gasteiger partial charge in [0.05, 0.1) is 24.5 Å². The molecule has 2 aromatic carbocycles. The molecule has 0 radical (unpaired) electrons. The smallest absolute Gasteiger partial charge is 0.238 e. The van der Waals surface area contributed by atoms with Gasteiger partial charge in [-0.05, 0) is 23.8 Å². The van der Waals surface area contributed by atoms with E-state index in [9.17, 15) is 4.79 Å². The summed E-state index contributed by atoms with van der Waals surface area (Å²) >= 11 is 6.05. The summed E-state index contributed by atoms with van der Waals surface area (Å²) in [6.07, 6.45) is 0. The molecular formula is C18H24Cl3N3O2. The van der Waals surface area contributed by atoms with Crippen molar-refractivity contribution in [2.75, 3.05) is 37.4 Å². The second-order valence-electron chi connectivity index (χ2n) is 5.25. The Hall–Kier alpha value is -1.50. The monoisotopic (exact) mass is 419 g/mol. The zero-order valence-corrected chi connectivity index (χ0v) is 16.8. The topological polar surface area (TPSA) is 62.4 Å². The molecule has 0 bridgehead atoms. The second kappa shape index (κ2) is 13.7. The van der Waals surface area contributed by atoms with Gasteiger partial charge in [0.1, 0.15) is 0 Å². The fourth-order valence-corrected chi connectivity index (χ4v) is 2.31. The molecule has 2 rings (SSSR count). The number of carbonyl (C=O) groups excluding carboxylic acids is 1. The summed E-state index contributed by atoms with van der Waals surface area (Å²) in [5.74, 6) is -0.129. The molecule has 0 aliphatic carbocycles. The molecule has 26 heavy (non-hydrogen) atoms. The van der Waals surface area contributed by atoms with Gasteiger partial charge in [-0.15, -0.1) is 24.8 Å². The van der Waals surface area contributed by atoms with Crippen molar-refractivity contribution in [1.29, 1.82) is 0 Å². The largest absolute Gasteiger partial charge is 0.383 e. The number of nitrogens with one attached hydrogen (secondary N) is 3. The Labute approximate surface area is 171 Å². The van der Waals surface area contributed by atoms with Crippen molar-refractivity contribution >= 4 is 53.7 Å². The Balaban J connectivity index is 0.00000312. The van der Waals surface area contributed by atoms with E-state index in [0.717, 1.165) is 11.3 Å². The first kappa shape index (κ1) is 24.5. The third kappa shape index (κ3) is 8.74. The van der Waals surface area contributed by atoms with E-state index in [-0.39, 0.29) is 37.3 Å². The van der Waals surface area contributed by atoms with Crippen LogP contribution in [0.3, 0.4) is 0 Å². The summed E-state index contributed by atoms with van der Waals surface area (Å²) < 4.78 is 4.93. The van der Waals surface area contributed by atoms with Crippen molar-refractivity contribution in [2.24, 2.45) is 0 Å². The summed E-state index contributed by atoms with van der Waals surface area (Å²) in [5.41, 5.74) is 2.65. The van der Waals surface area contributed by atoms with Crippen LogP contribution in [0.5, 0.6) is 0 Å². The maximum Gasteiger partial charge on any atom is 0.238 e. The highest BCUT2D eigenvalue weighted by Crippen LogP contribution is 2.26. The molecule has 0 saturated carbocycles. The summed E-state index contributed by atoms with van der Waals surface area (Å²) in [7, 11) is 1.62. The van der Waals surface area contributed by atoms with E-state index < -0.39 is 0 Å². The van der Waals surface area contributed by atoms with Crippen LogP contribution in [0.15, 0.2) is 48.5 Å². The van der Waals surface area contributed by atoms with Crippen LogP contribution in [0, 0.1) is 0 Å². The Bertz CT molecular complexity index is 657. The number of hydrogen-bond donors (Lipinski definition) is 3. The highest BCUT2D eigenvalue weighted by molar-refractivity contribution is 6.31. The Morgan fingerprint density at radius 1 is 1.08 bits per heavy atom. The second-order valence-corrected chi connectivity index (χ2v) is 5.68. The van der Waals surface area contributed by atoms with Crippen LogP contribution in [-0.2, 0) is 16.1 Å². The summed E-state index contributed by atoms with van der Waals surface area (Å²) in [5, 5.41) is 9.78. The molecule has 0 fully saturated rings. The number of methoxy groups -OCH3 is 1. The van der Waals surface area contributed by atoms with E-state index in [4.69, 9.17) is 16.3 Å². The number of carbonyl (C=O) groups is 1. The van der Waals surface area contributed by atoms with Gasteiger partial charge in [-0.2, -0.15) is 0 Å². The molecule has 0 aliphatic heterocycles. The first-order chi connectivity index (χ1) is 11.7. The van der Waals surface area contributed by atoms with Crippen LogP contribution < -0.4 is 16.0 Å². The number of hydrogen-bond acceptors (Lipinski definition) is 4. The first-order valence-corrected chi connectivity index (χ1v) is 8.13. The van der Waals surface area contributed by atoms with E-state index in [1.54, 1.807) is 19.2 Å². The maximum atomic E-state index is 12.0. The van der Waals surface area contributed by atoms with Gasteiger partial charge in [-0.3, -0.25) is 4.79 Å². The minimum Gasteiger partial charge on any atom is -0.383 e. The Morgan fingerprint density at radius 3 is 2.50 bits per heavy atom. The maximum absolute atomic E-state index is 12.0. The minimum atomic E-state index is -0.129. The van der Waals surface area contributed by atoms with Gasteiger partial charge in [0, 0.05) is 25.2 Å². The Kier molecular flexibility index (Phi) is 12.9. The molecule has 0 unspecified atom stereocenters. The average Bonchev–Trinajstić information content (AvgIpc) is 2.59. The molecule has 0 aromatic heterocycles. The lowest BCUT2D eigenvalue weighted by Gasteiger charge is -2.14.